The maximum Gasteiger partial charge on any atom is 0.295 e. The van der Waals surface area contributed by atoms with Gasteiger partial charge < -0.3 is 5.32 Å². The molecule has 1 N–H and O–H groups in total. The number of nitro groups is 2. The predicted molar refractivity (Wildman–Crippen MR) is 107 cm³/mol. The fraction of sp³-hybridized carbons (Fsp3) is 0.235. The van der Waals surface area contributed by atoms with E-state index in [1.165, 1.54) is 28.6 Å². The lowest BCUT2D eigenvalue weighted by molar-refractivity contribution is -0.393. The second kappa shape index (κ2) is 8.34. The number of hydrogen-bond donors (Lipinski definition) is 1. The van der Waals surface area contributed by atoms with Crippen LogP contribution in [0, 0.1) is 20.2 Å². The van der Waals surface area contributed by atoms with Gasteiger partial charge in [0, 0.05) is 30.9 Å². The summed E-state index contributed by atoms with van der Waals surface area (Å²) in [4.78, 5) is 32.8. The first-order chi connectivity index (χ1) is 14.1. The first-order valence-corrected chi connectivity index (χ1v) is 10.5. The number of benzene rings is 2. The highest BCUT2D eigenvalue weighted by Gasteiger charge is 2.28. The summed E-state index contributed by atoms with van der Waals surface area (Å²) in [5.74, 6) is -0.854. The monoisotopic (exact) mass is 454 g/mol. The Morgan fingerprint density at radius 2 is 1.50 bits per heavy atom. The summed E-state index contributed by atoms with van der Waals surface area (Å²) in [5.41, 5.74) is -1.68. The highest BCUT2D eigenvalue weighted by Crippen LogP contribution is 2.35. The Hall–Kier alpha value is -3.09. The minimum atomic E-state index is -3.62. The van der Waals surface area contributed by atoms with Crippen LogP contribution in [-0.4, -0.2) is 41.6 Å². The van der Waals surface area contributed by atoms with Gasteiger partial charge in [-0.05, 0) is 37.1 Å². The number of anilines is 1. The fourth-order valence-corrected chi connectivity index (χ4v) is 4.75. The van der Waals surface area contributed by atoms with Gasteiger partial charge in [-0.25, -0.2) is 8.42 Å². The number of nitrogens with one attached hydrogen (secondary N) is 1. The lowest BCUT2D eigenvalue weighted by atomic mass is 10.1. The summed E-state index contributed by atoms with van der Waals surface area (Å²) >= 11 is 5.67. The van der Waals surface area contributed by atoms with E-state index < -0.39 is 42.2 Å². The van der Waals surface area contributed by atoms with Crippen LogP contribution in [-0.2, 0) is 10.0 Å². The van der Waals surface area contributed by atoms with Crippen molar-refractivity contribution < 1.29 is 23.1 Å². The average molecular weight is 455 g/mol. The minimum Gasteiger partial charge on any atom is -0.322 e. The first kappa shape index (κ1) is 21.6. The number of halogens is 1. The van der Waals surface area contributed by atoms with E-state index in [9.17, 15) is 33.4 Å². The van der Waals surface area contributed by atoms with Crippen LogP contribution in [0.1, 0.15) is 23.2 Å². The number of sulfonamides is 1. The van der Waals surface area contributed by atoms with Gasteiger partial charge >= 0.3 is 0 Å². The zero-order chi connectivity index (χ0) is 22.1. The third-order valence-electron chi connectivity index (χ3n) is 4.50. The van der Waals surface area contributed by atoms with Crippen LogP contribution >= 0.6 is 11.6 Å². The average Bonchev–Trinajstić information content (AvgIpc) is 3.23. The van der Waals surface area contributed by atoms with Crippen molar-refractivity contribution in [2.45, 2.75) is 17.7 Å². The van der Waals surface area contributed by atoms with E-state index in [-0.39, 0.29) is 16.1 Å². The standard InChI is InChI=1S/C17H15ClN4O7S/c18-16-14(21(24)25)9-11(10-15(16)22(26)27)17(23)19-12-3-5-13(6-4-12)30(28,29)20-7-1-2-8-20/h3-6,9-10H,1-2,7-8H2,(H,19,23). The molecule has 2 aromatic rings. The van der Waals surface area contributed by atoms with Gasteiger partial charge in [0.2, 0.25) is 10.0 Å². The van der Waals surface area contributed by atoms with Crippen molar-refractivity contribution in [3.8, 4) is 0 Å². The van der Waals surface area contributed by atoms with Crippen LogP contribution in [0.5, 0.6) is 0 Å². The third kappa shape index (κ3) is 4.25. The smallest absolute Gasteiger partial charge is 0.295 e. The molecule has 158 valence electrons. The van der Waals surface area contributed by atoms with Crippen LogP contribution in [0.25, 0.3) is 0 Å². The maximum absolute atomic E-state index is 12.5. The minimum absolute atomic E-state index is 0.0696. The summed E-state index contributed by atoms with van der Waals surface area (Å²) in [6.45, 7) is 0.907. The summed E-state index contributed by atoms with van der Waals surface area (Å²) in [6, 6.07) is 7.04. The topological polar surface area (TPSA) is 153 Å². The largest absolute Gasteiger partial charge is 0.322 e. The van der Waals surface area contributed by atoms with Gasteiger partial charge in [0.15, 0.2) is 5.02 Å². The van der Waals surface area contributed by atoms with E-state index in [4.69, 9.17) is 11.6 Å². The van der Waals surface area contributed by atoms with E-state index in [0.29, 0.717) is 13.1 Å². The van der Waals surface area contributed by atoms with Crippen molar-refractivity contribution in [3.63, 3.8) is 0 Å². The van der Waals surface area contributed by atoms with E-state index in [2.05, 4.69) is 5.32 Å². The fourth-order valence-electron chi connectivity index (χ4n) is 2.98. The second-order valence-electron chi connectivity index (χ2n) is 6.43. The van der Waals surface area contributed by atoms with Gasteiger partial charge in [-0.2, -0.15) is 4.31 Å². The lowest BCUT2D eigenvalue weighted by Crippen LogP contribution is -2.27. The van der Waals surface area contributed by atoms with E-state index >= 15 is 0 Å². The number of hydrogen-bond acceptors (Lipinski definition) is 7. The molecule has 1 amide bonds. The van der Waals surface area contributed by atoms with Crippen molar-refractivity contribution >= 4 is 44.6 Å². The molecule has 0 aromatic heterocycles. The van der Waals surface area contributed by atoms with Gasteiger partial charge in [-0.1, -0.05) is 11.6 Å². The molecule has 1 aliphatic heterocycles. The first-order valence-electron chi connectivity index (χ1n) is 8.65. The van der Waals surface area contributed by atoms with E-state index in [1.807, 2.05) is 0 Å². The van der Waals surface area contributed by atoms with Crippen LogP contribution in [0.15, 0.2) is 41.3 Å². The van der Waals surface area contributed by atoms with Crippen molar-refractivity contribution in [2.75, 3.05) is 18.4 Å². The van der Waals surface area contributed by atoms with Crippen LogP contribution < -0.4 is 5.32 Å². The molecule has 0 bridgehead atoms. The van der Waals surface area contributed by atoms with Crippen LogP contribution in [0.4, 0.5) is 17.1 Å². The Bertz CT molecular complexity index is 1090. The molecule has 0 spiro atoms. The number of nitrogens with zero attached hydrogens (tertiary/aromatic N) is 3. The Kier molecular flexibility index (Phi) is 6.01. The molecular weight excluding hydrogens is 440 g/mol. The molecular formula is C17H15ClN4O7S. The third-order valence-corrected chi connectivity index (χ3v) is 6.80. The second-order valence-corrected chi connectivity index (χ2v) is 8.75. The number of rotatable bonds is 6. The van der Waals surface area contributed by atoms with Gasteiger partial charge in [0.1, 0.15) is 0 Å². The summed E-state index contributed by atoms with van der Waals surface area (Å²) < 4.78 is 26.4. The quantitative estimate of drug-likeness (QED) is 0.519. The predicted octanol–water partition coefficient (Wildman–Crippen LogP) is 3.19. The lowest BCUT2D eigenvalue weighted by Gasteiger charge is -2.15. The van der Waals surface area contributed by atoms with Gasteiger partial charge in [0.05, 0.1) is 20.3 Å². The molecule has 0 aliphatic carbocycles. The number of carbonyl (C=O) groups is 1. The van der Waals surface area contributed by atoms with Crippen molar-refractivity contribution in [1.82, 2.24) is 4.31 Å². The highest BCUT2D eigenvalue weighted by atomic mass is 35.5. The number of carbonyl (C=O) groups excluding carboxylic acids is 1. The number of amides is 1. The Labute approximate surface area is 175 Å². The van der Waals surface area contributed by atoms with Gasteiger partial charge in [-0.3, -0.25) is 25.0 Å². The van der Waals surface area contributed by atoms with Crippen molar-refractivity contribution in [1.29, 1.82) is 0 Å². The van der Waals surface area contributed by atoms with Crippen LogP contribution in [0.3, 0.4) is 0 Å². The highest BCUT2D eigenvalue weighted by molar-refractivity contribution is 7.89. The molecule has 1 fully saturated rings. The maximum atomic E-state index is 12.5. The van der Waals surface area contributed by atoms with Crippen LogP contribution in [0.2, 0.25) is 5.02 Å². The molecule has 0 atom stereocenters. The molecule has 13 heteroatoms. The molecule has 0 unspecified atom stereocenters. The Morgan fingerprint density at radius 3 is 1.97 bits per heavy atom. The molecule has 0 radical (unpaired) electrons. The Morgan fingerprint density at radius 1 is 1.00 bits per heavy atom. The summed E-state index contributed by atoms with van der Waals surface area (Å²) in [5, 5.41) is 23.9. The zero-order valence-corrected chi connectivity index (χ0v) is 16.9. The molecule has 30 heavy (non-hydrogen) atoms. The van der Waals surface area contributed by atoms with Gasteiger partial charge in [-0.15, -0.1) is 0 Å². The van der Waals surface area contributed by atoms with Gasteiger partial charge in [0.25, 0.3) is 17.3 Å². The van der Waals surface area contributed by atoms with E-state index in [1.54, 1.807) is 0 Å². The molecule has 1 aliphatic rings. The normalized spacial score (nSPS) is 14.4. The molecule has 11 nitrogen and oxygen atoms in total. The SMILES string of the molecule is O=C(Nc1ccc(S(=O)(=O)N2CCCC2)cc1)c1cc([N+](=O)[O-])c(Cl)c([N+](=O)[O-])c1. The zero-order valence-electron chi connectivity index (χ0n) is 15.3. The van der Waals surface area contributed by atoms with Crippen molar-refractivity contribution in [3.05, 3.63) is 67.2 Å². The molecule has 2 aromatic carbocycles. The summed E-state index contributed by atoms with van der Waals surface area (Å²) in [7, 11) is -3.62. The van der Waals surface area contributed by atoms with E-state index in [0.717, 1.165) is 25.0 Å². The summed E-state index contributed by atoms with van der Waals surface area (Å²) in [6.07, 6.45) is 1.60. The molecule has 3 rings (SSSR count). The molecule has 1 heterocycles. The number of nitro benzene ring substituents is 2. The molecule has 0 saturated carbocycles. The molecule has 1 saturated heterocycles. The Balaban J connectivity index is 1.84. The van der Waals surface area contributed by atoms with Crippen molar-refractivity contribution in [2.24, 2.45) is 0 Å².